The molecule has 9 heteroatoms. The number of likely N-dealkylation sites (N-methyl/N-ethyl adjacent to an activating group) is 1. The number of carboxylic acid groups (broad SMARTS) is 1. The number of carboxylic acids is 1. The van der Waals surface area contributed by atoms with Gasteiger partial charge in [0.15, 0.2) is 12.4 Å². The number of hydrogen-bond acceptors (Lipinski definition) is 8. The summed E-state index contributed by atoms with van der Waals surface area (Å²) in [5.74, 6) is -2.29. The van der Waals surface area contributed by atoms with E-state index in [1.165, 1.54) is 128 Å². The zero-order chi connectivity index (χ0) is 51.3. The molecule has 0 saturated heterocycles. The average Bonchev–Trinajstić information content (AvgIpc) is 3.33. The second-order valence-electron chi connectivity index (χ2n) is 20.2. The lowest BCUT2D eigenvalue weighted by molar-refractivity contribution is -0.870. The molecule has 0 radical (unpaired) electrons. The van der Waals surface area contributed by atoms with Gasteiger partial charge in [-0.25, -0.2) is 0 Å². The highest BCUT2D eigenvalue weighted by atomic mass is 16.7. The normalized spacial score (nSPS) is 13.3. The van der Waals surface area contributed by atoms with Crippen molar-refractivity contribution in [3.8, 4) is 0 Å². The third kappa shape index (κ3) is 52.6. The molecule has 0 spiro atoms. The van der Waals surface area contributed by atoms with E-state index >= 15 is 0 Å². The Hall–Kier alpha value is -3.27. The fourth-order valence-corrected chi connectivity index (χ4v) is 7.83. The van der Waals surface area contributed by atoms with Gasteiger partial charge in [0, 0.05) is 12.8 Å². The van der Waals surface area contributed by atoms with Crippen LogP contribution in [-0.4, -0.2) is 82.3 Å². The number of carbonyl (C=O) groups is 3. The molecular weight excluding hydrogens is 875 g/mol. The monoisotopic (exact) mass is 982 g/mol. The topological polar surface area (TPSA) is 111 Å². The average molecular weight is 983 g/mol. The highest BCUT2D eigenvalue weighted by molar-refractivity contribution is 5.70. The first-order chi connectivity index (χ1) is 34.1. The van der Waals surface area contributed by atoms with Crippen LogP contribution < -0.4 is 5.11 Å². The molecule has 0 aliphatic heterocycles. The van der Waals surface area contributed by atoms with Crippen LogP contribution >= 0.6 is 0 Å². The number of rotatable bonds is 52. The quantitative estimate of drug-likeness (QED) is 0.0195. The molecule has 0 aromatic heterocycles. The zero-order valence-corrected chi connectivity index (χ0v) is 45.9. The molecular formula is C61H107NO8. The number of esters is 2. The van der Waals surface area contributed by atoms with Gasteiger partial charge in [0.05, 0.1) is 40.3 Å². The molecule has 0 aromatic carbocycles. The van der Waals surface area contributed by atoms with Crippen molar-refractivity contribution in [2.24, 2.45) is 0 Å². The number of allylic oxidation sites excluding steroid dienone is 12. The number of aliphatic carboxylic acids is 1. The maximum Gasteiger partial charge on any atom is 0.306 e. The third-order valence-electron chi connectivity index (χ3n) is 12.2. The maximum absolute atomic E-state index is 12.8. The van der Waals surface area contributed by atoms with Crippen molar-refractivity contribution in [2.75, 3.05) is 47.5 Å². The Kier molecular flexibility index (Phi) is 49.6. The first-order valence-corrected chi connectivity index (χ1v) is 28.6. The first-order valence-electron chi connectivity index (χ1n) is 28.6. The van der Waals surface area contributed by atoms with E-state index in [2.05, 4.69) is 86.8 Å². The van der Waals surface area contributed by atoms with Crippen molar-refractivity contribution in [3.63, 3.8) is 0 Å². The molecule has 0 aliphatic rings. The Bertz CT molecular complexity index is 1380. The van der Waals surface area contributed by atoms with Gasteiger partial charge < -0.3 is 33.3 Å². The van der Waals surface area contributed by atoms with E-state index in [1.54, 1.807) is 0 Å². The lowest BCUT2D eigenvalue weighted by atomic mass is 10.0. The van der Waals surface area contributed by atoms with E-state index in [-0.39, 0.29) is 32.2 Å². The van der Waals surface area contributed by atoms with Crippen LogP contribution in [0.1, 0.15) is 239 Å². The van der Waals surface area contributed by atoms with Crippen LogP contribution in [0.2, 0.25) is 0 Å². The van der Waals surface area contributed by atoms with Crippen LogP contribution in [0.5, 0.6) is 0 Å². The second kappa shape index (κ2) is 52.1. The van der Waals surface area contributed by atoms with Gasteiger partial charge >= 0.3 is 11.9 Å². The lowest BCUT2D eigenvalue weighted by Crippen LogP contribution is -2.44. The van der Waals surface area contributed by atoms with Crippen LogP contribution in [0, 0.1) is 0 Å². The van der Waals surface area contributed by atoms with E-state index in [4.69, 9.17) is 18.9 Å². The van der Waals surface area contributed by atoms with Crippen molar-refractivity contribution < 1.29 is 42.9 Å². The molecule has 0 aromatic rings. The largest absolute Gasteiger partial charge is 0.545 e. The summed E-state index contributed by atoms with van der Waals surface area (Å²) in [4.78, 5) is 36.8. The van der Waals surface area contributed by atoms with E-state index in [9.17, 15) is 19.5 Å². The summed E-state index contributed by atoms with van der Waals surface area (Å²) in [7, 11) is 5.91. The molecule has 0 bridgehead atoms. The van der Waals surface area contributed by atoms with Gasteiger partial charge in [0.25, 0.3) is 0 Å². The maximum atomic E-state index is 12.8. The van der Waals surface area contributed by atoms with Crippen LogP contribution in [0.25, 0.3) is 0 Å². The summed E-state index contributed by atoms with van der Waals surface area (Å²) < 4.78 is 22.5. The molecule has 0 heterocycles. The van der Waals surface area contributed by atoms with E-state index < -0.39 is 24.3 Å². The summed E-state index contributed by atoms with van der Waals surface area (Å²) in [6.45, 7) is 4.56. The minimum atomic E-state index is -1.62. The number of quaternary nitrogens is 1. The number of unbranched alkanes of at least 4 members (excludes halogenated alkanes) is 25. The smallest absolute Gasteiger partial charge is 0.306 e. The van der Waals surface area contributed by atoms with Gasteiger partial charge in [0.2, 0.25) is 0 Å². The molecule has 0 rings (SSSR count). The van der Waals surface area contributed by atoms with Crippen LogP contribution in [0.15, 0.2) is 72.9 Å². The number of carbonyl (C=O) groups excluding carboxylic acids is 3. The third-order valence-corrected chi connectivity index (χ3v) is 12.2. The Balaban J connectivity index is 3.86. The highest BCUT2D eigenvalue weighted by Gasteiger charge is 2.22. The van der Waals surface area contributed by atoms with E-state index in [0.717, 1.165) is 77.0 Å². The van der Waals surface area contributed by atoms with Gasteiger partial charge in [-0.1, -0.05) is 234 Å². The fourth-order valence-electron chi connectivity index (χ4n) is 7.83. The predicted octanol–water partition coefficient (Wildman–Crippen LogP) is 15.3. The molecule has 0 saturated carbocycles. The molecule has 0 aliphatic carbocycles. The standard InChI is InChI=1S/C61H107NO8/c1-6-8-10-12-14-15-16-17-18-19-20-21-22-23-24-25-26-27-28-29-30-31-32-33-34-35-36-37-38-39-40-41-42-43-44-45-46-48-50-52-59(64)70-57(55-68-58(63)51-49-47-13-11-9-7-2)56-69-61(60(65)66)67-54-53-62(3,4)5/h8,10,14-15,17-18,20-21,23-24,26-27,57,61H,6-7,9,11-13,16,19,22,25,28-56H2,1-5H3/b10-8-,15-14-,18-17-,21-20-,24-23-,27-26-. The summed E-state index contributed by atoms with van der Waals surface area (Å²) in [5.41, 5.74) is 0. The molecule has 0 fully saturated rings. The summed E-state index contributed by atoms with van der Waals surface area (Å²) in [6, 6.07) is 0. The summed E-state index contributed by atoms with van der Waals surface area (Å²) in [5, 5.41) is 11.7. The first kappa shape index (κ1) is 66.7. The zero-order valence-electron chi connectivity index (χ0n) is 45.9. The van der Waals surface area contributed by atoms with Crippen LogP contribution in [0.3, 0.4) is 0 Å². The minimum Gasteiger partial charge on any atom is -0.545 e. The van der Waals surface area contributed by atoms with Crippen molar-refractivity contribution in [1.82, 2.24) is 0 Å². The molecule has 2 atom stereocenters. The van der Waals surface area contributed by atoms with Gasteiger partial charge in [-0.3, -0.25) is 9.59 Å². The summed E-state index contributed by atoms with van der Waals surface area (Å²) in [6.07, 6.45) is 64.5. The SMILES string of the molecule is CC/C=C\C/C=C\C/C=C\C/C=C\C/C=C\C/C=C\CCCCCCCCCCCCCCCCCCCCCCC(=O)OC(COC(=O)CCCCCCCC)COC(OCC[N+](C)(C)C)C(=O)[O-]. The number of nitrogens with zero attached hydrogens (tertiary/aromatic N) is 1. The minimum absolute atomic E-state index is 0.148. The molecule has 0 amide bonds. The van der Waals surface area contributed by atoms with E-state index in [1.807, 2.05) is 21.1 Å². The van der Waals surface area contributed by atoms with Gasteiger partial charge in [-0.05, 0) is 64.2 Å². The van der Waals surface area contributed by atoms with E-state index in [0.29, 0.717) is 23.9 Å². The molecule has 9 nitrogen and oxygen atoms in total. The Labute approximate surface area is 430 Å². The van der Waals surface area contributed by atoms with Crippen LogP contribution in [-0.2, 0) is 33.3 Å². The van der Waals surface area contributed by atoms with Gasteiger partial charge in [-0.15, -0.1) is 0 Å². The fraction of sp³-hybridized carbons (Fsp3) is 0.754. The molecule has 2 unspecified atom stereocenters. The van der Waals surface area contributed by atoms with Crippen LogP contribution in [0.4, 0.5) is 0 Å². The van der Waals surface area contributed by atoms with Gasteiger partial charge in [0.1, 0.15) is 13.2 Å². The molecule has 0 N–H and O–H groups in total. The second-order valence-corrected chi connectivity index (χ2v) is 20.2. The molecule has 70 heavy (non-hydrogen) atoms. The predicted molar refractivity (Wildman–Crippen MR) is 292 cm³/mol. The van der Waals surface area contributed by atoms with Gasteiger partial charge in [-0.2, -0.15) is 0 Å². The van der Waals surface area contributed by atoms with Crippen molar-refractivity contribution in [1.29, 1.82) is 0 Å². The van der Waals surface area contributed by atoms with Crippen molar-refractivity contribution >= 4 is 17.9 Å². The highest BCUT2D eigenvalue weighted by Crippen LogP contribution is 2.16. The summed E-state index contributed by atoms with van der Waals surface area (Å²) >= 11 is 0. The number of ether oxygens (including phenoxy) is 4. The lowest BCUT2D eigenvalue weighted by Gasteiger charge is -2.26. The Morgan fingerprint density at radius 1 is 0.443 bits per heavy atom. The Morgan fingerprint density at radius 3 is 1.21 bits per heavy atom. The Morgan fingerprint density at radius 2 is 0.814 bits per heavy atom. The molecule has 404 valence electrons. The van der Waals surface area contributed by atoms with Crippen molar-refractivity contribution in [3.05, 3.63) is 72.9 Å². The van der Waals surface area contributed by atoms with Crippen molar-refractivity contribution in [2.45, 2.75) is 251 Å². The number of hydrogen-bond donors (Lipinski definition) is 0.